The number of rotatable bonds is 55. The first-order valence-electron chi connectivity index (χ1n) is 38.8. The average Bonchev–Trinajstić information content (AvgIpc) is 1.69. The number of nitrogens with two attached hydrogens (primary N) is 5. The van der Waals surface area contributed by atoms with Crippen molar-refractivity contribution in [3.63, 3.8) is 0 Å². The molecule has 1 heterocycles. The van der Waals surface area contributed by atoms with Gasteiger partial charge in [0.05, 0.1) is 25.4 Å². The summed E-state index contributed by atoms with van der Waals surface area (Å²) in [6.45, 7) is 16.5. The number of carboxylic acid groups (broad SMARTS) is 3. The second-order valence-corrected chi connectivity index (χ2v) is 30.3. The van der Waals surface area contributed by atoms with Crippen molar-refractivity contribution < 1.29 is 102 Å². The van der Waals surface area contributed by atoms with Gasteiger partial charge in [-0.3, -0.25) is 92.3 Å². The molecule has 1 aromatic heterocycles. The van der Waals surface area contributed by atoms with Crippen molar-refractivity contribution in [2.45, 2.75) is 245 Å². The topological polar surface area (TPSA) is 742 Å². The quantitative estimate of drug-likeness (QED) is 0.0167. The lowest BCUT2D eigenvalue weighted by atomic mass is 9.97. The smallest absolute Gasteiger partial charge is 0.326 e. The van der Waals surface area contributed by atoms with Crippen molar-refractivity contribution >= 4 is 129 Å². The Morgan fingerprint density at radius 2 is 0.839 bits per heavy atom. The van der Waals surface area contributed by atoms with Crippen molar-refractivity contribution in [3.8, 4) is 0 Å². The number of para-hydroxylation sites is 1. The van der Waals surface area contributed by atoms with Crippen LogP contribution in [-0.2, 0) is 92.7 Å². The Morgan fingerprint density at radius 3 is 1.28 bits per heavy atom. The van der Waals surface area contributed by atoms with E-state index in [4.69, 9.17) is 39.5 Å². The maximum atomic E-state index is 14.7. The molecule has 2 rings (SSSR count). The fourth-order valence-corrected chi connectivity index (χ4v) is 11.9. The van der Waals surface area contributed by atoms with E-state index in [1.54, 1.807) is 54.7 Å². The molecular weight excluding hydrogens is 1550 g/mol. The van der Waals surface area contributed by atoms with E-state index in [9.17, 15) is 102 Å². The molecule has 118 heavy (non-hydrogen) atoms. The number of carbonyl (C=O) groups is 18. The van der Waals surface area contributed by atoms with Crippen LogP contribution in [0.25, 0.3) is 10.9 Å². The Bertz CT molecular complexity index is 3870. The third-order valence-corrected chi connectivity index (χ3v) is 18.5. The largest absolute Gasteiger partial charge is 0.481 e. The van der Waals surface area contributed by atoms with Gasteiger partial charge in [-0.15, -0.1) is 0 Å². The number of carboxylic acids is 3. The van der Waals surface area contributed by atoms with E-state index in [1.807, 2.05) is 24.3 Å². The van der Waals surface area contributed by atoms with E-state index in [0.29, 0.717) is 0 Å². The first-order chi connectivity index (χ1) is 55.2. The first-order valence-corrected chi connectivity index (χ1v) is 38.8. The minimum atomic E-state index is -2.04. The number of hydrogen-bond acceptors (Lipinski definition) is 21. The van der Waals surface area contributed by atoms with Crippen LogP contribution in [0.2, 0.25) is 0 Å². The van der Waals surface area contributed by atoms with Gasteiger partial charge in [0.25, 0.3) is 0 Å². The molecule has 0 saturated heterocycles. The van der Waals surface area contributed by atoms with Crippen LogP contribution in [0.4, 0.5) is 0 Å². The Kier molecular flexibility index (Phi) is 43.9. The number of amides is 15. The molecule has 0 fully saturated rings. The zero-order chi connectivity index (χ0) is 89.5. The predicted molar refractivity (Wildman–Crippen MR) is 427 cm³/mol. The zero-order valence-corrected chi connectivity index (χ0v) is 68.4. The SMILES string of the molecule is CC[C@H](C)[C@H](NC(=O)[C@H](CCCNC(=N)N)NC(=O)[C@H](CCCNC(=N)N)NC(=O)[C@H](CC(C)C)NC(=O)[C@H](CC(C)C)NC(=O)[C@H](CCC(N)=O)NC(=O)[C@H](C)NC(=O)[C@@H](NC(=O)[C@@H](N)Cc1c[nH]c2ccccc12)C(C)C)C(=O)NCC(=O)N[C@@H](CC(=O)O)C(=O)N[C@@H](CCC(=O)O)C(=O)N[C@H](C(=O)N[C@@H](CC(N)=O)C(=O)O)C(C)C. The number of aromatic amines is 1. The lowest BCUT2D eigenvalue weighted by Crippen LogP contribution is -2.61. The molecular formula is C74H121N23O21. The van der Waals surface area contributed by atoms with Crippen LogP contribution < -0.4 is 108 Å². The predicted octanol–water partition coefficient (Wildman–Crippen LogP) is -5.47. The van der Waals surface area contributed by atoms with Crippen LogP contribution in [0.5, 0.6) is 0 Å². The number of carbonyl (C=O) groups excluding carboxylic acids is 15. The van der Waals surface area contributed by atoms with E-state index >= 15 is 0 Å². The van der Waals surface area contributed by atoms with Gasteiger partial charge < -0.3 is 129 Å². The lowest BCUT2D eigenvalue weighted by molar-refractivity contribution is -0.144. The molecule has 0 saturated carbocycles. The highest BCUT2D eigenvalue weighted by atomic mass is 16.4. The number of fused-ring (bicyclic) bond motifs is 1. The number of aliphatic carboxylic acids is 3. The first kappa shape index (κ1) is 102. The van der Waals surface area contributed by atoms with E-state index in [0.717, 1.165) is 16.5 Å². The van der Waals surface area contributed by atoms with E-state index < -0.39 is 253 Å². The Balaban J connectivity index is 2.47. The molecule has 0 bridgehead atoms. The van der Waals surface area contributed by atoms with E-state index in [1.165, 1.54) is 27.7 Å². The van der Waals surface area contributed by atoms with Gasteiger partial charge >= 0.3 is 17.9 Å². The fraction of sp³-hybridized carbons (Fsp3) is 0.622. The standard InChI is InChI=1S/C74H121N23O21/c1-12-38(10)59(69(114)85-33-54(100)87-50(31-56(103)104)68(113)91-47(22-24-55(101)102)65(110)96-58(37(8)9)71(116)94-51(72(117)118)30-53(77)99)97-64(109)45(20-16-26-83-74(80)81)89-62(107)44(19-15-25-82-73(78)79)90-66(111)48(27-34(2)3)93-67(112)49(28-35(4)5)92-63(108)46(21-23-52(76)98)88-60(105)39(11)86-70(115)57(36(6)7)95-61(106)42(75)29-40-32-84-43-18-14-13-17-41(40)43/h13-14,17-18,32,34-39,42,44-51,57-59,84H,12,15-16,19-31,33,75H2,1-11H3,(H2,76,98)(H2,77,99)(H,85,114)(H,86,115)(H,87,100)(H,88,105)(H,89,107)(H,90,111)(H,91,113)(H,92,108)(H,93,112)(H,94,116)(H,95,106)(H,96,110)(H,97,109)(H,101,102)(H,103,104)(H,117,118)(H4,78,79,82)(H4,80,81,83)/t38-,39-,42-,44-,45-,46-,47-,48-,49-,50-,51-,57-,58-,59-/m0/s1. The molecule has 2 aromatic rings. The van der Waals surface area contributed by atoms with Gasteiger partial charge in [-0.05, 0) is 106 Å². The Morgan fingerprint density at radius 1 is 0.424 bits per heavy atom. The van der Waals surface area contributed by atoms with Crippen LogP contribution in [0.1, 0.15) is 165 Å². The normalized spacial score (nSPS) is 14.7. The second-order valence-electron chi connectivity index (χ2n) is 30.3. The third kappa shape index (κ3) is 37.5. The molecule has 0 aliphatic rings. The average molecular weight is 1670 g/mol. The summed E-state index contributed by atoms with van der Waals surface area (Å²) in [5.41, 5.74) is 29.6. The van der Waals surface area contributed by atoms with Gasteiger partial charge in [-0.1, -0.05) is 93.9 Å². The van der Waals surface area contributed by atoms with Gasteiger partial charge in [0.2, 0.25) is 88.6 Å². The van der Waals surface area contributed by atoms with Crippen LogP contribution in [-0.4, -0.2) is 237 Å². The molecule has 0 radical (unpaired) electrons. The number of guanidine groups is 2. The summed E-state index contributed by atoms with van der Waals surface area (Å²) in [7, 11) is 0. The number of aromatic nitrogens is 1. The maximum Gasteiger partial charge on any atom is 0.326 e. The Labute approximate surface area is 682 Å². The molecule has 0 aliphatic heterocycles. The highest BCUT2D eigenvalue weighted by molar-refractivity contribution is 6.01. The summed E-state index contributed by atoms with van der Waals surface area (Å²) in [4.78, 5) is 245. The van der Waals surface area contributed by atoms with Crippen LogP contribution >= 0.6 is 0 Å². The number of nitrogens with one attached hydrogen (secondary N) is 18. The summed E-state index contributed by atoms with van der Waals surface area (Å²) >= 11 is 0. The minimum absolute atomic E-state index is 0.0103. The molecule has 44 heteroatoms. The summed E-state index contributed by atoms with van der Waals surface area (Å²) in [6.07, 6.45) is -2.86. The van der Waals surface area contributed by atoms with Crippen LogP contribution in [0, 0.1) is 40.4 Å². The van der Waals surface area contributed by atoms with Crippen molar-refractivity contribution in [2.75, 3.05) is 19.6 Å². The number of H-pyrrole nitrogens is 1. The highest BCUT2D eigenvalue weighted by Crippen LogP contribution is 2.20. The lowest BCUT2D eigenvalue weighted by Gasteiger charge is -2.29. The van der Waals surface area contributed by atoms with Crippen LogP contribution in [0.15, 0.2) is 30.5 Å². The molecule has 1 aromatic carbocycles. The molecule has 0 unspecified atom stereocenters. The van der Waals surface area contributed by atoms with Gasteiger partial charge in [-0.2, -0.15) is 0 Å². The zero-order valence-electron chi connectivity index (χ0n) is 68.4. The van der Waals surface area contributed by atoms with Crippen LogP contribution in [0.3, 0.4) is 0 Å². The van der Waals surface area contributed by atoms with Crippen molar-refractivity contribution in [1.29, 1.82) is 10.8 Å². The van der Waals surface area contributed by atoms with Gasteiger partial charge in [0, 0.05) is 43.0 Å². The minimum Gasteiger partial charge on any atom is -0.481 e. The summed E-state index contributed by atoms with van der Waals surface area (Å²) in [5.74, 6) is -23.5. The molecule has 658 valence electrons. The molecule has 44 nitrogen and oxygen atoms in total. The number of benzene rings is 1. The second kappa shape index (κ2) is 50.9. The Hall–Kier alpha value is -12.3. The number of primary amides is 2. The maximum absolute atomic E-state index is 14.7. The molecule has 0 spiro atoms. The van der Waals surface area contributed by atoms with E-state index in [2.05, 4.69) is 84.7 Å². The molecule has 0 aliphatic carbocycles. The van der Waals surface area contributed by atoms with Crippen molar-refractivity contribution in [2.24, 2.45) is 58.3 Å². The van der Waals surface area contributed by atoms with Crippen molar-refractivity contribution in [1.82, 2.24) is 84.7 Å². The summed E-state index contributed by atoms with van der Waals surface area (Å²) in [5, 5.41) is 82.0. The van der Waals surface area contributed by atoms with Gasteiger partial charge in [0.1, 0.15) is 72.5 Å². The third-order valence-electron chi connectivity index (χ3n) is 18.5. The molecule has 31 N–H and O–H groups in total. The monoisotopic (exact) mass is 1670 g/mol. The van der Waals surface area contributed by atoms with E-state index in [-0.39, 0.29) is 82.7 Å². The van der Waals surface area contributed by atoms with Crippen molar-refractivity contribution in [3.05, 3.63) is 36.0 Å². The molecule has 14 atom stereocenters. The molecule has 15 amide bonds. The fourth-order valence-electron chi connectivity index (χ4n) is 11.9. The summed E-state index contributed by atoms with van der Waals surface area (Å²) in [6, 6.07) is -12.6. The highest BCUT2D eigenvalue weighted by Gasteiger charge is 2.39. The summed E-state index contributed by atoms with van der Waals surface area (Å²) < 4.78 is 0. The van der Waals surface area contributed by atoms with Gasteiger partial charge in [0.15, 0.2) is 11.9 Å². The van der Waals surface area contributed by atoms with Gasteiger partial charge in [-0.25, -0.2) is 4.79 Å². The number of hydrogen-bond donors (Lipinski definition) is 26.